The number of hydrogen-bond donors (Lipinski definition) is 1. The number of aliphatic hydroxyl groups excluding tert-OH is 1. The quantitative estimate of drug-likeness (QED) is 0.926. The summed E-state index contributed by atoms with van der Waals surface area (Å²) in [5.74, 6) is 0.286. The topological polar surface area (TPSA) is 60.1 Å². The third-order valence-electron chi connectivity index (χ3n) is 4.06. The SMILES string of the molecule is Cc1ccnc(N2C[C@@H](O)C[C@@H]2c2ccc(F)cc2)c1C#N. The van der Waals surface area contributed by atoms with Crippen LogP contribution in [0.2, 0.25) is 0 Å². The van der Waals surface area contributed by atoms with Crippen LogP contribution in [0.15, 0.2) is 36.5 Å². The zero-order valence-corrected chi connectivity index (χ0v) is 12.2. The molecule has 2 atom stereocenters. The second-order valence-electron chi connectivity index (χ2n) is 5.55. The number of aryl methyl sites for hydroxylation is 1. The number of nitrogens with zero attached hydrogens (tertiary/aromatic N) is 3. The van der Waals surface area contributed by atoms with Crippen molar-refractivity contribution in [3.05, 3.63) is 59.0 Å². The number of β-amino-alcohol motifs (C(OH)–C–C–N with tert-alkyl or cyclic N) is 1. The summed E-state index contributed by atoms with van der Waals surface area (Å²) < 4.78 is 13.1. The second-order valence-corrected chi connectivity index (χ2v) is 5.55. The summed E-state index contributed by atoms with van der Waals surface area (Å²) in [6.07, 6.45) is 1.70. The van der Waals surface area contributed by atoms with E-state index < -0.39 is 6.10 Å². The Bertz CT molecular complexity index is 724. The summed E-state index contributed by atoms with van der Waals surface area (Å²) in [6.45, 7) is 2.27. The monoisotopic (exact) mass is 297 g/mol. The molecule has 0 amide bonds. The van der Waals surface area contributed by atoms with Crippen molar-refractivity contribution in [2.75, 3.05) is 11.4 Å². The molecular weight excluding hydrogens is 281 g/mol. The first-order valence-corrected chi connectivity index (χ1v) is 7.16. The van der Waals surface area contributed by atoms with E-state index in [1.165, 1.54) is 12.1 Å². The minimum atomic E-state index is -0.496. The predicted octanol–water partition coefficient (Wildman–Crippen LogP) is 2.71. The van der Waals surface area contributed by atoms with Gasteiger partial charge >= 0.3 is 0 Å². The standard InChI is InChI=1S/C17H16FN3O/c1-11-6-7-20-17(15(11)9-19)21-10-14(22)8-16(21)12-2-4-13(18)5-3-12/h2-7,14,16,22H,8,10H2,1H3/t14-,16+/m0/s1. The smallest absolute Gasteiger partial charge is 0.147 e. The van der Waals surface area contributed by atoms with Crippen LogP contribution in [0, 0.1) is 24.1 Å². The Morgan fingerprint density at radius 2 is 2.05 bits per heavy atom. The molecule has 2 heterocycles. The van der Waals surface area contributed by atoms with Gasteiger partial charge in [-0.05, 0) is 42.7 Å². The molecule has 0 radical (unpaired) electrons. The van der Waals surface area contributed by atoms with Gasteiger partial charge in [0.25, 0.3) is 0 Å². The van der Waals surface area contributed by atoms with Crippen molar-refractivity contribution < 1.29 is 9.50 Å². The fourth-order valence-corrected chi connectivity index (χ4v) is 2.95. The number of halogens is 1. The van der Waals surface area contributed by atoms with Gasteiger partial charge in [0.2, 0.25) is 0 Å². The number of pyridine rings is 1. The Kier molecular flexibility index (Phi) is 3.78. The van der Waals surface area contributed by atoms with E-state index in [0.29, 0.717) is 24.3 Å². The second kappa shape index (κ2) is 5.74. The van der Waals surface area contributed by atoms with Gasteiger partial charge in [0.15, 0.2) is 0 Å². The molecule has 3 rings (SSSR count). The highest BCUT2D eigenvalue weighted by Gasteiger charge is 2.34. The fourth-order valence-electron chi connectivity index (χ4n) is 2.95. The highest BCUT2D eigenvalue weighted by molar-refractivity contribution is 5.59. The Morgan fingerprint density at radius 1 is 1.32 bits per heavy atom. The number of anilines is 1. The summed E-state index contributed by atoms with van der Waals surface area (Å²) in [7, 11) is 0. The van der Waals surface area contributed by atoms with E-state index in [9.17, 15) is 14.8 Å². The Balaban J connectivity index is 2.03. The third kappa shape index (κ3) is 2.53. The number of aliphatic hydroxyl groups is 1. The van der Waals surface area contributed by atoms with Crippen LogP contribution < -0.4 is 4.90 Å². The van der Waals surface area contributed by atoms with E-state index in [-0.39, 0.29) is 11.9 Å². The van der Waals surface area contributed by atoms with E-state index in [1.54, 1.807) is 24.4 Å². The van der Waals surface area contributed by atoms with Crippen LogP contribution in [0.25, 0.3) is 0 Å². The number of benzene rings is 1. The summed E-state index contributed by atoms with van der Waals surface area (Å²) in [5.41, 5.74) is 2.28. The lowest BCUT2D eigenvalue weighted by atomic mass is 10.0. The zero-order valence-electron chi connectivity index (χ0n) is 12.2. The van der Waals surface area contributed by atoms with Crippen molar-refractivity contribution in [1.29, 1.82) is 5.26 Å². The van der Waals surface area contributed by atoms with Crippen molar-refractivity contribution in [3.63, 3.8) is 0 Å². The zero-order chi connectivity index (χ0) is 15.7. The van der Waals surface area contributed by atoms with Crippen LogP contribution in [0.3, 0.4) is 0 Å². The van der Waals surface area contributed by atoms with E-state index in [4.69, 9.17) is 0 Å². The molecule has 1 N–H and O–H groups in total. The van der Waals surface area contributed by atoms with Gasteiger partial charge in [0, 0.05) is 12.7 Å². The predicted molar refractivity (Wildman–Crippen MR) is 80.8 cm³/mol. The maximum atomic E-state index is 13.1. The molecule has 2 aromatic rings. The number of aromatic nitrogens is 1. The van der Waals surface area contributed by atoms with Crippen molar-refractivity contribution in [1.82, 2.24) is 4.98 Å². The molecule has 22 heavy (non-hydrogen) atoms. The van der Waals surface area contributed by atoms with Crippen LogP contribution in [0.5, 0.6) is 0 Å². The van der Waals surface area contributed by atoms with Crippen LogP contribution >= 0.6 is 0 Å². The molecule has 112 valence electrons. The summed E-state index contributed by atoms with van der Waals surface area (Å²) >= 11 is 0. The fraction of sp³-hybridized carbons (Fsp3) is 0.294. The molecule has 0 unspecified atom stereocenters. The lowest BCUT2D eigenvalue weighted by Gasteiger charge is -2.27. The van der Waals surface area contributed by atoms with Crippen LogP contribution in [0.4, 0.5) is 10.2 Å². The summed E-state index contributed by atoms with van der Waals surface area (Å²) in [4.78, 5) is 6.27. The van der Waals surface area contributed by atoms with Gasteiger partial charge in [0.05, 0.1) is 17.7 Å². The number of nitriles is 1. The van der Waals surface area contributed by atoms with Gasteiger partial charge < -0.3 is 10.0 Å². The van der Waals surface area contributed by atoms with Crippen LogP contribution in [-0.4, -0.2) is 22.7 Å². The van der Waals surface area contributed by atoms with Crippen LogP contribution in [0.1, 0.15) is 29.2 Å². The average Bonchev–Trinajstić information content (AvgIpc) is 2.89. The van der Waals surface area contributed by atoms with E-state index >= 15 is 0 Å². The van der Waals surface area contributed by atoms with E-state index in [1.807, 2.05) is 11.8 Å². The van der Waals surface area contributed by atoms with E-state index in [0.717, 1.165) is 11.1 Å². The summed E-state index contributed by atoms with van der Waals surface area (Å²) in [5, 5.41) is 19.4. The lowest BCUT2D eigenvalue weighted by Crippen LogP contribution is -2.26. The first kappa shape index (κ1) is 14.5. The number of hydrogen-bond acceptors (Lipinski definition) is 4. The Hall–Kier alpha value is -2.45. The molecule has 1 aromatic carbocycles. The molecule has 1 fully saturated rings. The van der Waals surface area contributed by atoms with Gasteiger partial charge in [-0.1, -0.05) is 12.1 Å². The van der Waals surface area contributed by atoms with Gasteiger partial charge in [-0.25, -0.2) is 9.37 Å². The Morgan fingerprint density at radius 3 is 2.73 bits per heavy atom. The molecule has 0 bridgehead atoms. The summed E-state index contributed by atoms with van der Waals surface area (Å²) in [6, 6.07) is 10.1. The number of rotatable bonds is 2. The molecule has 5 heteroatoms. The lowest BCUT2D eigenvalue weighted by molar-refractivity contribution is 0.194. The maximum Gasteiger partial charge on any atom is 0.147 e. The molecule has 4 nitrogen and oxygen atoms in total. The molecule has 1 aromatic heterocycles. The molecule has 0 aliphatic carbocycles. The minimum absolute atomic E-state index is 0.114. The first-order valence-electron chi connectivity index (χ1n) is 7.16. The highest BCUT2D eigenvalue weighted by atomic mass is 19.1. The maximum absolute atomic E-state index is 13.1. The van der Waals surface area contributed by atoms with Crippen molar-refractivity contribution in [2.24, 2.45) is 0 Å². The third-order valence-corrected chi connectivity index (χ3v) is 4.06. The largest absolute Gasteiger partial charge is 0.391 e. The molecule has 0 saturated carbocycles. The Labute approximate surface area is 128 Å². The average molecular weight is 297 g/mol. The molecule has 1 aliphatic heterocycles. The minimum Gasteiger partial charge on any atom is -0.391 e. The van der Waals surface area contributed by atoms with Crippen molar-refractivity contribution >= 4 is 5.82 Å². The molecule has 1 aliphatic rings. The van der Waals surface area contributed by atoms with Crippen molar-refractivity contribution in [3.8, 4) is 6.07 Å². The van der Waals surface area contributed by atoms with Crippen LogP contribution in [-0.2, 0) is 0 Å². The van der Waals surface area contributed by atoms with Gasteiger partial charge in [-0.3, -0.25) is 0 Å². The van der Waals surface area contributed by atoms with Gasteiger partial charge in [-0.2, -0.15) is 5.26 Å². The molecule has 0 spiro atoms. The first-order chi connectivity index (χ1) is 10.6. The van der Waals surface area contributed by atoms with E-state index in [2.05, 4.69) is 11.1 Å². The normalized spacial score (nSPS) is 20.9. The van der Waals surface area contributed by atoms with Gasteiger partial charge in [-0.15, -0.1) is 0 Å². The van der Waals surface area contributed by atoms with Crippen molar-refractivity contribution in [2.45, 2.75) is 25.5 Å². The molecular formula is C17H16FN3O. The highest BCUT2D eigenvalue weighted by Crippen LogP contribution is 2.37. The van der Waals surface area contributed by atoms with Gasteiger partial charge in [0.1, 0.15) is 17.7 Å². The molecule has 1 saturated heterocycles.